The van der Waals surface area contributed by atoms with Crippen LogP contribution in [0.5, 0.6) is 0 Å². The third kappa shape index (κ3) is 2.48. The Hall–Kier alpha value is -2.75. The monoisotopic (exact) mass is 278 g/mol. The first-order chi connectivity index (χ1) is 10.2. The smallest absolute Gasteiger partial charge is 0.250 e. The highest BCUT2D eigenvalue weighted by molar-refractivity contribution is 5.81. The van der Waals surface area contributed by atoms with Crippen LogP contribution < -0.4 is 16.2 Å². The Morgan fingerprint density at radius 3 is 2.43 bits per heavy atom. The maximum atomic E-state index is 11.8. The van der Waals surface area contributed by atoms with Crippen molar-refractivity contribution in [3.05, 3.63) is 80.4 Å². The Morgan fingerprint density at radius 2 is 1.76 bits per heavy atom. The molecule has 0 amide bonds. The van der Waals surface area contributed by atoms with Gasteiger partial charge in [-0.1, -0.05) is 35.9 Å². The highest BCUT2D eigenvalue weighted by Gasteiger charge is 2.21. The van der Waals surface area contributed by atoms with E-state index in [0.717, 1.165) is 16.8 Å². The zero-order valence-electron chi connectivity index (χ0n) is 11.6. The Morgan fingerprint density at radius 1 is 1.00 bits per heavy atom. The molecule has 21 heavy (non-hydrogen) atoms. The molecule has 0 fully saturated rings. The Labute approximate surface area is 121 Å². The fourth-order valence-electron chi connectivity index (χ4n) is 2.24. The molecule has 4 nitrogen and oxygen atoms in total. The first-order valence-corrected chi connectivity index (χ1v) is 6.71. The summed E-state index contributed by atoms with van der Waals surface area (Å²) >= 11 is 0. The van der Waals surface area contributed by atoms with Crippen molar-refractivity contribution in [3.8, 4) is 11.1 Å². The third-order valence-corrected chi connectivity index (χ3v) is 3.42. The normalized spacial score (nSPS) is 10.7. The first-order valence-electron chi connectivity index (χ1n) is 6.71. The van der Waals surface area contributed by atoms with Gasteiger partial charge in [0.2, 0.25) is 10.9 Å². The standard InChI is InChI=1S/C17H14N2O2/c1-11-5-7-12(8-6-11)14-15(17(21)16(14)20)19-10-13-4-2-3-9-18-13/h2-9,19H,10H2,1H3. The highest BCUT2D eigenvalue weighted by atomic mass is 16.2. The number of anilines is 1. The maximum absolute atomic E-state index is 11.8. The van der Waals surface area contributed by atoms with Gasteiger partial charge in [-0.25, -0.2) is 0 Å². The van der Waals surface area contributed by atoms with E-state index in [4.69, 9.17) is 0 Å². The van der Waals surface area contributed by atoms with Gasteiger partial charge in [-0.05, 0) is 24.6 Å². The van der Waals surface area contributed by atoms with Gasteiger partial charge < -0.3 is 5.32 Å². The van der Waals surface area contributed by atoms with Crippen molar-refractivity contribution in [3.63, 3.8) is 0 Å². The molecule has 1 N–H and O–H groups in total. The van der Waals surface area contributed by atoms with Gasteiger partial charge in [0.1, 0.15) is 0 Å². The van der Waals surface area contributed by atoms with Gasteiger partial charge in [-0.2, -0.15) is 0 Å². The third-order valence-electron chi connectivity index (χ3n) is 3.42. The Kier molecular flexibility index (Phi) is 3.36. The van der Waals surface area contributed by atoms with Crippen molar-refractivity contribution in [2.45, 2.75) is 13.5 Å². The molecule has 4 heteroatoms. The maximum Gasteiger partial charge on any atom is 0.250 e. The predicted octanol–water partition coefficient (Wildman–Crippen LogP) is 2.27. The molecule has 0 atom stereocenters. The van der Waals surface area contributed by atoms with Crippen LogP contribution in [0, 0.1) is 6.92 Å². The topological polar surface area (TPSA) is 59.1 Å². The average Bonchev–Trinajstić information content (AvgIpc) is 2.53. The summed E-state index contributed by atoms with van der Waals surface area (Å²) in [6, 6.07) is 13.1. The van der Waals surface area contributed by atoms with Gasteiger partial charge in [-0.15, -0.1) is 0 Å². The molecule has 1 heterocycles. The summed E-state index contributed by atoms with van der Waals surface area (Å²) in [5.41, 5.74) is 2.67. The van der Waals surface area contributed by atoms with Crippen LogP contribution >= 0.6 is 0 Å². The SMILES string of the molecule is Cc1ccc(-c2c(NCc3ccccn3)c(=O)c2=O)cc1. The number of aryl methyl sites for hydroxylation is 1. The second-order valence-electron chi connectivity index (χ2n) is 4.95. The van der Waals surface area contributed by atoms with E-state index in [1.807, 2.05) is 49.4 Å². The summed E-state index contributed by atoms with van der Waals surface area (Å²) < 4.78 is 0. The van der Waals surface area contributed by atoms with Crippen LogP contribution in [0.4, 0.5) is 5.69 Å². The van der Waals surface area contributed by atoms with Crippen molar-refractivity contribution in [1.82, 2.24) is 4.98 Å². The zero-order chi connectivity index (χ0) is 14.8. The van der Waals surface area contributed by atoms with Crippen LogP contribution in [0.25, 0.3) is 11.1 Å². The van der Waals surface area contributed by atoms with E-state index in [-0.39, 0.29) is 0 Å². The summed E-state index contributed by atoms with van der Waals surface area (Å²) in [6.07, 6.45) is 1.69. The van der Waals surface area contributed by atoms with Crippen LogP contribution in [-0.2, 0) is 6.54 Å². The Balaban J connectivity index is 1.87. The second-order valence-corrected chi connectivity index (χ2v) is 4.95. The summed E-state index contributed by atoms with van der Waals surface area (Å²) in [4.78, 5) is 27.7. The summed E-state index contributed by atoms with van der Waals surface area (Å²) in [6.45, 7) is 2.40. The molecule has 2 aromatic carbocycles. The highest BCUT2D eigenvalue weighted by Crippen LogP contribution is 2.24. The summed E-state index contributed by atoms with van der Waals surface area (Å²) in [5.74, 6) is 0. The molecule has 104 valence electrons. The van der Waals surface area contributed by atoms with E-state index in [0.29, 0.717) is 17.8 Å². The van der Waals surface area contributed by atoms with Gasteiger partial charge in [0, 0.05) is 6.20 Å². The molecule has 3 rings (SSSR count). The van der Waals surface area contributed by atoms with Crippen molar-refractivity contribution >= 4 is 5.69 Å². The molecule has 0 saturated carbocycles. The minimum Gasteiger partial charge on any atom is -0.375 e. The molecular formula is C17H14N2O2. The lowest BCUT2D eigenvalue weighted by Crippen LogP contribution is -2.36. The number of nitrogens with one attached hydrogen (secondary N) is 1. The predicted molar refractivity (Wildman–Crippen MR) is 83.1 cm³/mol. The molecule has 0 unspecified atom stereocenters. The van der Waals surface area contributed by atoms with Crippen molar-refractivity contribution < 1.29 is 0 Å². The molecule has 0 aliphatic carbocycles. The average molecular weight is 278 g/mol. The molecule has 0 radical (unpaired) electrons. The van der Waals surface area contributed by atoms with Crippen molar-refractivity contribution in [2.24, 2.45) is 0 Å². The summed E-state index contributed by atoms with van der Waals surface area (Å²) in [7, 11) is 0. The fraction of sp³-hybridized carbons (Fsp3) is 0.118. The van der Waals surface area contributed by atoms with Gasteiger partial charge in [0.05, 0.1) is 23.5 Å². The molecule has 0 spiro atoms. The molecule has 1 aromatic heterocycles. The van der Waals surface area contributed by atoms with E-state index in [1.54, 1.807) is 6.20 Å². The van der Waals surface area contributed by atoms with Crippen LogP contribution in [0.1, 0.15) is 11.3 Å². The molecular weight excluding hydrogens is 264 g/mol. The molecule has 0 saturated heterocycles. The van der Waals surface area contributed by atoms with E-state index in [1.165, 1.54) is 0 Å². The van der Waals surface area contributed by atoms with Crippen LogP contribution in [0.15, 0.2) is 58.3 Å². The van der Waals surface area contributed by atoms with Crippen molar-refractivity contribution in [1.29, 1.82) is 0 Å². The molecule has 0 aliphatic rings. The van der Waals surface area contributed by atoms with E-state index < -0.39 is 10.9 Å². The number of rotatable bonds is 4. The molecule has 0 aliphatic heterocycles. The second kappa shape index (κ2) is 5.32. The van der Waals surface area contributed by atoms with Crippen molar-refractivity contribution in [2.75, 3.05) is 5.32 Å². The fourth-order valence-corrected chi connectivity index (χ4v) is 2.24. The van der Waals surface area contributed by atoms with Gasteiger partial charge in [0.15, 0.2) is 0 Å². The quantitative estimate of drug-likeness (QED) is 0.744. The number of aromatic nitrogens is 1. The van der Waals surface area contributed by atoms with E-state index >= 15 is 0 Å². The number of hydrogen-bond donors (Lipinski definition) is 1. The number of nitrogens with zero attached hydrogens (tertiary/aromatic N) is 1. The number of hydrogen-bond acceptors (Lipinski definition) is 4. The lowest BCUT2D eigenvalue weighted by atomic mass is 9.97. The number of benzene rings is 1. The van der Waals surface area contributed by atoms with Gasteiger partial charge >= 0.3 is 0 Å². The lowest BCUT2D eigenvalue weighted by molar-refractivity contribution is 1.04. The zero-order valence-corrected chi connectivity index (χ0v) is 11.6. The van der Waals surface area contributed by atoms with Crippen LogP contribution in [-0.4, -0.2) is 4.98 Å². The van der Waals surface area contributed by atoms with E-state index in [2.05, 4.69) is 10.3 Å². The van der Waals surface area contributed by atoms with Gasteiger partial charge in [0.25, 0.3) is 0 Å². The van der Waals surface area contributed by atoms with Crippen LogP contribution in [0.2, 0.25) is 0 Å². The molecule has 3 aromatic rings. The van der Waals surface area contributed by atoms with Crippen LogP contribution in [0.3, 0.4) is 0 Å². The minimum absolute atomic E-state index is 0.384. The molecule has 0 bridgehead atoms. The number of pyridine rings is 1. The van der Waals surface area contributed by atoms with E-state index in [9.17, 15) is 9.59 Å². The largest absolute Gasteiger partial charge is 0.375 e. The van der Waals surface area contributed by atoms with Gasteiger partial charge in [-0.3, -0.25) is 14.6 Å². The Bertz CT molecular complexity index is 830. The first kappa shape index (κ1) is 13.2. The lowest BCUT2D eigenvalue weighted by Gasteiger charge is -2.13. The minimum atomic E-state index is -0.457. The summed E-state index contributed by atoms with van der Waals surface area (Å²) in [5, 5.41) is 3.03.